The lowest BCUT2D eigenvalue weighted by atomic mass is 10.0. The molecule has 0 fully saturated rings. The first-order valence-corrected chi connectivity index (χ1v) is 10.5. The van der Waals surface area contributed by atoms with E-state index in [4.69, 9.17) is 4.43 Å². The van der Waals surface area contributed by atoms with E-state index in [-0.39, 0.29) is 11.0 Å². The highest BCUT2D eigenvalue weighted by molar-refractivity contribution is 6.74. The van der Waals surface area contributed by atoms with Gasteiger partial charge in [0.1, 0.15) is 0 Å². The molecule has 1 unspecified atom stereocenters. The Morgan fingerprint density at radius 1 is 1.13 bits per heavy atom. The molecule has 0 radical (unpaired) electrons. The van der Waals surface area contributed by atoms with Crippen LogP contribution in [0.3, 0.4) is 0 Å². The molecule has 1 rings (SSSR count). The van der Waals surface area contributed by atoms with Crippen molar-refractivity contribution in [1.29, 1.82) is 5.26 Å². The lowest BCUT2D eigenvalue weighted by Crippen LogP contribution is -2.42. The van der Waals surface area contributed by atoms with Gasteiger partial charge >= 0.3 is 6.18 Å². The Morgan fingerprint density at radius 3 is 2.04 bits per heavy atom. The van der Waals surface area contributed by atoms with Gasteiger partial charge in [0.2, 0.25) is 0 Å². The van der Waals surface area contributed by atoms with E-state index in [1.165, 1.54) is 12.1 Å². The van der Waals surface area contributed by atoms with Gasteiger partial charge in [0.05, 0.1) is 24.2 Å². The zero-order valence-electron chi connectivity index (χ0n) is 14.3. The molecule has 0 N–H and O–H groups in total. The first-order valence-electron chi connectivity index (χ1n) is 7.56. The molecule has 0 aliphatic heterocycles. The highest BCUT2D eigenvalue weighted by Gasteiger charge is 2.37. The molecule has 0 heterocycles. The van der Waals surface area contributed by atoms with Crippen LogP contribution in [0, 0.1) is 17.2 Å². The van der Waals surface area contributed by atoms with Gasteiger partial charge in [-0.05, 0) is 42.2 Å². The fourth-order valence-electron chi connectivity index (χ4n) is 1.78. The van der Waals surface area contributed by atoms with E-state index in [1.54, 1.807) is 0 Å². The number of hydrogen-bond acceptors (Lipinski definition) is 2. The van der Waals surface area contributed by atoms with Crippen molar-refractivity contribution in [2.75, 3.05) is 6.61 Å². The molecule has 0 aliphatic carbocycles. The quantitative estimate of drug-likeness (QED) is 0.670. The molecule has 1 atom stereocenters. The van der Waals surface area contributed by atoms with Crippen molar-refractivity contribution in [3.63, 3.8) is 0 Å². The topological polar surface area (TPSA) is 33.0 Å². The number of alkyl halides is 3. The smallest absolute Gasteiger partial charge is 0.415 e. The molecular weight excluding hydrogens is 319 g/mol. The molecule has 0 amide bonds. The zero-order valence-corrected chi connectivity index (χ0v) is 15.3. The molecule has 1 aromatic rings. The summed E-state index contributed by atoms with van der Waals surface area (Å²) in [4.78, 5) is 0. The van der Waals surface area contributed by atoms with Crippen LogP contribution in [0.25, 0.3) is 0 Å². The van der Waals surface area contributed by atoms with E-state index in [0.29, 0.717) is 18.6 Å². The van der Waals surface area contributed by atoms with E-state index < -0.39 is 20.1 Å². The first kappa shape index (κ1) is 19.7. The summed E-state index contributed by atoms with van der Waals surface area (Å²) in [6, 6.07) is 7.16. The largest absolute Gasteiger partial charge is 0.416 e. The highest BCUT2D eigenvalue weighted by Crippen LogP contribution is 2.37. The number of hydrogen-bond donors (Lipinski definition) is 0. The van der Waals surface area contributed by atoms with Crippen LogP contribution in [0.4, 0.5) is 13.2 Å². The second kappa shape index (κ2) is 7.06. The van der Waals surface area contributed by atoms with Gasteiger partial charge in [-0.3, -0.25) is 0 Å². The second-order valence-electron chi connectivity index (χ2n) is 7.30. The van der Waals surface area contributed by atoms with Crippen molar-refractivity contribution in [3.05, 3.63) is 35.4 Å². The third-order valence-corrected chi connectivity index (χ3v) is 8.90. The summed E-state index contributed by atoms with van der Waals surface area (Å²) >= 11 is 0. The molecule has 0 saturated heterocycles. The van der Waals surface area contributed by atoms with Crippen LogP contribution < -0.4 is 0 Å². The number of benzene rings is 1. The lowest BCUT2D eigenvalue weighted by molar-refractivity contribution is -0.137. The predicted molar refractivity (Wildman–Crippen MR) is 87.4 cm³/mol. The van der Waals surface area contributed by atoms with E-state index in [2.05, 4.69) is 39.9 Å². The maximum absolute atomic E-state index is 12.5. The minimum absolute atomic E-state index is 0.0569. The molecule has 1 aromatic carbocycles. The summed E-state index contributed by atoms with van der Waals surface area (Å²) in [7, 11) is -1.93. The molecule has 0 saturated carbocycles. The van der Waals surface area contributed by atoms with Crippen LogP contribution in [-0.4, -0.2) is 14.9 Å². The Balaban J connectivity index is 2.69. The van der Waals surface area contributed by atoms with Crippen LogP contribution in [0.1, 0.15) is 31.9 Å². The van der Waals surface area contributed by atoms with Crippen molar-refractivity contribution in [3.8, 4) is 6.07 Å². The summed E-state index contributed by atoms with van der Waals surface area (Å²) in [5.74, 6) is -0.360. The molecule has 128 valence electrons. The normalized spacial score (nSPS) is 14.4. The van der Waals surface area contributed by atoms with Gasteiger partial charge in [0, 0.05) is 0 Å². The standard InChI is InChI=1S/C17H24F3NOSi/c1-16(2,3)23(4,5)22-12-14(11-21)10-13-6-8-15(9-7-13)17(18,19)20/h6-9,14H,10,12H2,1-5H3. The van der Waals surface area contributed by atoms with Crippen LogP contribution >= 0.6 is 0 Å². The molecule has 0 aromatic heterocycles. The van der Waals surface area contributed by atoms with Gasteiger partial charge in [-0.15, -0.1) is 0 Å². The number of halogens is 3. The number of nitrogens with zero attached hydrogens (tertiary/aromatic N) is 1. The number of rotatable bonds is 5. The number of nitriles is 1. The van der Waals surface area contributed by atoms with Crippen molar-refractivity contribution < 1.29 is 17.6 Å². The van der Waals surface area contributed by atoms with Gasteiger partial charge in [-0.2, -0.15) is 18.4 Å². The van der Waals surface area contributed by atoms with Crippen molar-refractivity contribution in [2.24, 2.45) is 5.92 Å². The second-order valence-corrected chi connectivity index (χ2v) is 12.1. The van der Waals surface area contributed by atoms with Crippen LogP contribution in [0.5, 0.6) is 0 Å². The first-order chi connectivity index (χ1) is 10.4. The van der Waals surface area contributed by atoms with Crippen LogP contribution in [-0.2, 0) is 17.0 Å². The van der Waals surface area contributed by atoms with Crippen LogP contribution in [0.2, 0.25) is 18.1 Å². The maximum atomic E-state index is 12.5. The molecule has 0 aliphatic rings. The van der Waals surface area contributed by atoms with E-state index >= 15 is 0 Å². The molecule has 6 heteroatoms. The summed E-state index contributed by atoms with van der Waals surface area (Å²) in [5.41, 5.74) is 0.0377. The van der Waals surface area contributed by atoms with Gasteiger partial charge < -0.3 is 4.43 Å². The minimum atomic E-state index is -4.33. The molecule has 23 heavy (non-hydrogen) atoms. The van der Waals surface area contributed by atoms with E-state index in [0.717, 1.165) is 12.1 Å². The monoisotopic (exact) mass is 343 g/mol. The van der Waals surface area contributed by atoms with Crippen molar-refractivity contribution in [2.45, 2.75) is 51.5 Å². The summed E-state index contributed by atoms with van der Waals surface area (Å²) in [5, 5.41) is 9.33. The molecular formula is C17H24F3NOSi. The van der Waals surface area contributed by atoms with Crippen molar-refractivity contribution >= 4 is 8.32 Å². The van der Waals surface area contributed by atoms with E-state index in [1.807, 2.05) is 0 Å². The lowest BCUT2D eigenvalue weighted by Gasteiger charge is -2.36. The Bertz CT molecular complexity index is 553. The van der Waals surface area contributed by atoms with Crippen LogP contribution in [0.15, 0.2) is 24.3 Å². The van der Waals surface area contributed by atoms with Gasteiger partial charge in [-0.25, -0.2) is 0 Å². The molecule has 0 bridgehead atoms. The Kier molecular flexibility index (Phi) is 6.05. The Labute approximate surface area is 137 Å². The zero-order chi connectivity index (χ0) is 17.9. The third kappa shape index (κ3) is 5.67. The third-order valence-electron chi connectivity index (χ3n) is 4.40. The average molecular weight is 343 g/mol. The summed E-state index contributed by atoms with van der Waals surface area (Å²) in [6.07, 6.45) is -3.94. The molecule has 2 nitrogen and oxygen atoms in total. The summed E-state index contributed by atoms with van der Waals surface area (Å²) in [6.45, 7) is 10.9. The van der Waals surface area contributed by atoms with E-state index in [9.17, 15) is 18.4 Å². The Morgan fingerprint density at radius 2 is 1.65 bits per heavy atom. The van der Waals surface area contributed by atoms with Gasteiger partial charge in [0.25, 0.3) is 0 Å². The highest BCUT2D eigenvalue weighted by atomic mass is 28.4. The SMILES string of the molecule is CC(C)(C)[Si](C)(C)OCC(C#N)Cc1ccc(C(F)(F)F)cc1. The Hall–Kier alpha value is -1.32. The minimum Gasteiger partial charge on any atom is -0.415 e. The average Bonchev–Trinajstić information content (AvgIpc) is 2.41. The predicted octanol–water partition coefficient (Wildman–Crippen LogP) is 5.41. The van der Waals surface area contributed by atoms with Gasteiger partial charge in [0.15, 0.2) is 8.32 Å². The van der Waals surface area contributed by atoms with Gasteiger partial charge in [-0.1, -0.05) is 32.9 Å². The van der Waals surface area contributed by atoms with Crippen molar-refractivity contribution in [1.82, 2.24) is 0 Å². The fourth-order valence-corrected chi connectivity index (χ4v) is 2.83. The maximum Gasteiger partial charge on any atom is 0.416 e. The molecule has 0 spiro atoms. The summed E-state index contributed by atoms with van der Waals surface area (Å²) < 4.78 is 43.7. The fraction of sp³-hybridized carbons (Fsp3) is 0.588.